The first-order valence-electron chi connectivity index (χ1n) is 7.91. The van der Waals surface area contributed by atoms with E-state index in [2.05, 4.69) is 14.5 Å². The Bertz CT molecular complexity index is 872. The SMILES string of the molecule is O=c1ccn(C2CCC(CO)CC2)c2c1c[nH+]c1[nH]ccc12. The summed E-state index contributed by atoms with van der Waals surface area (Å²) in [5.74, 6) is 0.433. The summed E-state index contributed by atoms with van der Waals surface area (Å²) in [6, 6.07) is 4.07. The maximum atomic E-state index is 12.2. The number of nitrogens with one attached hydrogen (secondary N) is 2. The van der Waals surface area contributed by atoms with Crippen molar-refractivity contribution in [2.24, 2.45) is 5.92 Å². The summed E-state index contributed by atoms with van der Waals surface area (Å²) in [4.78, 5) is 18.5. The molecule has 1 aliphatic rings. The van der Waals surface area contributed by atoms with Crippen LogP contribution in [0.3, 0.4) is 0 Å². The van der Waals surface area contributed by atoms with E-state index in [0.29, 0.717) is 12.0 Å². The Kier molecular flexibility index (Phi) is 3.22. The lowest BCUT2D eigenvalue weighted by Crippen LogP contribution is -2.22. The van der Waals surface area contributed by atoms with Gasteiger partial charge >= 0.3 is 0 Å². The average molecular weight is 298 g/mol. The average Bonchev–Trinajstić information content (AvgIpc) is 3.04. The van der Waals surface area contributed by atoms with Gasteiger partial charge in [-0.1, -0.05) is 0 Å². The lowest BCUT2D eigenvalue weighted by molar-refractivity contribution is -0.345. The second-order valence-corrected chi connectivity index (χ2v) is 6.26. The van der Waals surface area contributed by atoms with Gasteiger partial charge < -0.3 is 9.67 Å². The summed E-state index contributed by atoms with van der Waals surface area (Å²) in [7, 11) is 0. The number of aliphatic hydroxyl groups excluding tert-OH is 1. The zero-order valence-electron chi connectivity index (χ0n) is 12.4. The van der Waals surface area contributed by atoms with Gasteiger partial charge in [0.25, 0.3) is 5.65 Å². The third kappa shape index (κ3) is 2.04. The number of aromatic nitrogens is 3. The fourth-order valence-corrected chi connectivity index (χ4v) is 3.73. The summed E-state index contributed by atoms with van der Waals surface area (Å²) >= 11 is 0. The smallest absolute Gasteiger partial charge is 0.286 e. The van der Waals surface area contributed by atoms with Crippen molar-refractivity contribution in [3.05, 3.63) is 40.9 Å². The number of nitrogens with zero attached hydrogens (tertiary/aromatic N) is 1. The molecule has 0 spiro atoms. The van der Waals surface area contributed by atoms with Crippen LogP contribution in [0.5, 0.6) is 0 Å². The highest BCUT2D eigenvalue weighted by Crippen LogP contribution is 2.34. The van der Waals surface area contributed by atoms with Gasteiger partial charge in [0, 0.05) is 24.9 Å². The number of aromatic amines is 2. The molecule has 0 saturated heterocycles. The first kappa shape index (κ1) is 13.5. The highest BCUT2D eigenvalue weighted by atomic mass is 16.3. The molecule has 0 unspecified atom stereocenters. The molecule has 3 heterocycles. The van der Waals surface area contributed by atoms with Crippen molar-refractivity contribution in [3.63, 3.8) is 0 Å². The molecule has 5 heteroatoms. The number of hydrogen-bond acceptors (Lipinski definition) is 2. The molecule has 114 valence electrons. The van der Waals surface area contributed by atoms with Gasteiger partial charge in [0.1, 0.15) is 6.20 Å². The Balaban J connectivity index is 1.89. The summed E-state index contributed by atoms with van der Waals surface area (Å²) < 4.78 is 2.26. The fourth-order valence-electron chi connectivity index (χ4n) is 3.73. The van der Waals surface area contributed by atoms with Crippen molar-refractivity contribution >= 4 is 21.9 Å². The molecule has 0 atom stereocenters. The summed E-state index contributed by atoms with van der Waals surface area (Å²) in [6.07, 6.45) is 9.81. The van der Waals surface area contributed by atoms with Gasteiger partial charge in [0.05, 0.1) is 22.5 Å². The maximum absolute atomic E-state index is 12.2. The van der Waals surface area contributed by atoms with Crippen LogP contribution in [-0.4, -0.2) is 21.3 Å². The van der Waals surface area contributed by atoms with Gasteiger partial charge in [-0.25, -0.2) is 9.97 Å². The largest absolute Gasteiger partial charge is 0.396 e. The van der Waals surface area contributed by atoms with Crippen molar-refractivity contribution in [1.82, 2.24) is 9.55 Å². The molecule has 5 nitrogen and oxygen atoms in total. The van der Waals surface area contributed by atoms with E-state index >= 15 is 0 Å². The predicted molar refractivity (Wildman–Crippen MR) is 84.7 cm³/mol. The summed E-state index contributed by atoms with van der Waals surface area (Å²) in [5.41, 5.74) is 2.00. The zero-order valence-corrected chi connectivity index (χ0v) is 12.4. The third-order valence-corrected chi connectivity index (χ3v) is 5.00. The number of rotatable bonds is 2. The second-order valence-electron chi connectivity index (χ2n) is 6.26. The number of H-pyrrole nitrogens is 2. The molecule has 1 saturated carbocycles. The Morgan fingerprint density at radius 1 is 1.23 bits per heavy atom. The highest BCUT2D eigenvalue weighted by molar-refractivity contribution is 6.00. The first-order valence-corrected chi connectivity index (χ1v) is 7.91. The van der Waals surface area contributed by atoms with Crippen LogP contribution in [0.2, 0.25) is 0 Å². The van der Waals surface area contributed by atoms with Crippen LogP contribution >= 0.6 is 0 Å². The lowest BCUT2D eigenvalue weighted by atomic mass is 9.86. The van der Waals surface area contributed by atoms with E-state index in [1.807, 2.05) is 18.5 Å². The van der Waals surface area contributed by atoms with E-state index in [1.54, 1.807) is 12.3 Å². The standard InChI is InChI=1S/C17H19N3O2/c21-10-11-1-3-12(4-2-11)20-8-6-15(22)14-9-19-17-13(16(14)20)5-7-18-17/h5-9,11-12,21H,1-4,10H2,(H,18,19)/p+1. The van der Waals surface area contributed by atoms with E-state index in [-0.39, 0.29) is 12.0 Å². The van der Waals surface area contributed by atoms with Crippen LogP contribution in [0.4, 0.5) is 0 Å². The Labute approximate surface area is 127 Å². The number of aliphatic hydroxyl groups is 1. The first-order chi connectivity index (χ1) is 10.8. The molecule has 0 aromatic carbocycles. The Morgan fingerprint density at radius 3 is 2.82 bits per heavy atom. The van der Waals surface area contributed by atoms with E-state index in [1.165, 1.54) is 0 Å². The maximum Gasteiger partial charge on any atom is 0.286 e. The molecule has 1 aliphatic carbocycles. The Morgan fingerprint density at radius 2 is 2.05 bits per heavy atom. The van der Waals surface area contributed by atoms with Gasteiger partial charge in [-0.15, -0.1) is 0 Å². The van der Waals surface area contributed by atoms with E-state index in [0.717, 1.165) is 47.6 Å². The predicted octanol–water partition coefficient (Wildman–Crippen LogP) is 2.02. The van der Waals surface area contributed by atoms with E-state index in [4.69, 9.17) is 0 Å². The molecule has 0 amide bonds. The summed E-state index contributed by atoms with van der Waals surface area (Å²) in [5, 5.41) is 11.1. The van der Waals surface area contributed by atoms with Crippen LogP contribution < -0.4 is 10.4 Å². The second kappa shape index (κ2) is 5.25. The topological polar surface area (TPSA) is 72.2 Å². The van der Waals surface area contributed by atoms with Crippen LogP contribution in [0.25, 0.3) is 21.9 Å². The van der Waals surface area contributed by atoms with Gasteiger partial charge in [0.2, 0.25) is 0 Å². The van der Waals surface area contributed by atoms with Gasteiger partial charge in [-0.2, -0.15) is 0 Å². The lowest BCUT2D eigenvalue weighted by Gasteiger charge is -2.30. The molecule has 3 aromatic heterocycles. The van der Waals surface area contributed by atoms with Crippen LogP contribution in [0.1, 0.15) is 31.7 Å². The molecule has 4 rings (SSSR count). The number of pyridine rings is 2. The molecule has 3 aromatic rings. The molecule has 1 fully saturated rings. The zero-order chi connectivity index (χ0) is 15.1. The van der Waals surface area contributed by atoms with Crippen LogP contribution in [0.15, 0.2) is 35.5 Å². The van der Waals surface area contributed by atoms with Crippen molar-refractivity contribution in [2.75, 3.05) is 6.61 Å². The van der Waals surface area contributed by atoms with Crippen molar-refractivity contribution in [2.45, 2.75) is 31.7 Å². The van der Waals surface area contributed by atoms with E-state index < -0.39 is 0 Å². The van der Waals surface area contributed by atoms with Gasteiger partial charge in [-0.3, -0.25) is 4.79 Å². The van der Waals surface area contributed by atoms with Crippen LogP contribution in [0, 0.1) is 5.92 Å². The molecule has 0 aliphatic heterocycles. The molecule has 0 bridgehead atoms. The minimum absolute atomic E-state index is 0.0506. The van der Waals surface area contributed by atoms with Gasteiger partial charge in [-0.05, 0) is 37.7 Å². The van der Waals surface area contributed by atoms with E-state index in [9.17, 15) is 9.90 Å². The van der Waals surface area contributed by atoms with Crippen molar-refractivity contribution < 1.29 is 10.1 Å². The molecule has 3 N–H and O–H groups in total. The molecular weight excluding hydrogens is 278 g/mol. The monoisotopic (exact) mass is 298 g/mol. The third-order valence-electron chi connectivity index (χ3n) is 5.00. The minimum atomic E-state index is 0.0506. The van der Waals surface area contributed by atoms with Crippen molar-refractivity contribution in [3.8, 4) is 0 Å². The molecular formula is C17H20N3O2+. The summed E-state index contributed by atoms with van der Waals surface area (Å²) in [6.45, 7) is 0.286. The minimum Gasteiger partial charge on any atom is -0.396 e. The van der Waals surface area contributed by atoms with Gasteiger partial charge in [0.15, 0.2) is 5.43 Å². The number of fused-ring (bicyclic) bond motifs is 3. The Hall–Kier alpha value is -2.14. The molecule has 22 heavy (non-hydrogen) atoms. The number of hydrogen-bond donors (Lipinski definition) is 2. The van der Waals surface area contributed by atoms with Crippen LogP contribution in [-0.2, 0) is 0 Å². The normalized spacial score (nSPS) is 22.4. The highest BCUT2D eigenvalue weighted by Gasteiger charge is 2.23. The van der Waals surface area contributed by atoms with Crippen molar-refractivity contribution in [1.29, 1.82) is 0 Å². The fraction of sp³-hybridized carbons (Fsp3) is 0.412. The quantitative estimate of drug-likeness (QED) is 0.759. The molecule has 0 radical (unpaired) electrons.